The van der Waals surface area contributed by atoms with Gasteiger partial charge < -0.3 is 10.1 Å². The molecule has 0 spiro atoms. The van der Waals surface area contributed by atoms with Crippen molar-refractivity contribution in [1.82, 2.24) is 5.32 Å². The fourth-order valence-corrected chi connectivity index (χ4v) is 2.48. The van der Waals surface area contributed by atoms with Gasteiger partial charge in [-0.1, -0.05) is 29.8 Å². The largest absolute Gasteiger partial charge is 0.492 e. The van der Waals surface area contributed by atoms with Crippen LogP contribution in [-0.4, -0.2) is 24.8 Å². The van der Waals surface area contributed by atoms with Crippen molar-refractivity contribution in [3.05, 3.63) is 59.6 Å². The Hall–Kier alpha value is -1.65. The molecule has 21 heavy (non-hydrogen) atoms. The predicted octanol–water partition coefficient (Wildman–Crippen LogP) is 3.63. The maximum absolute atomic E-state index is 11.7. The number of ether oxygens (including phenoxy) is 1. The van der Waals surface area contributed by atoms with E-state index in [0.29, 0.717) is 23.9 Å². The molecule has 2 aromatic carbocycles. The molecular weight excluding hydrogens is 306 g/mol. The number of carbonyl (C=O) groups excluding carboxylic acids is 1. The molecule has 2 aromatic rings. The van der Waals surface area contributed by atoms with E-state index >= 15 is 0 Å². The van der Waals surface area contributed by atoms with Crippen molar-refractivity contribution in [2.75, 3.05) is 18.9 Å². The van der Waals surface area contributed by atoms with Crippen molar-refractivity contribution in [2.45, 2.75) is 4.90 Å². The quantitative estimate of drug-likeness (QED) is 0.625. The first-order chi connectivity index (χ1) is 10.2. The highest BCUT2D eigenvalue weighted by atomic mass is 35.5. The zero-order valence-corrected chi connectivity index (χ0v) is 13.0. The lowest BCUT2D eigenvalue weighted by Gasteiger charge is -2.07. The van der Waals surface area contributed by atoms with Crippen LogP contribution in [0.25, 0.3) is 0 Å². The molecule has 1 amide bonds. The highest BCUT2D eigenvalue weighted by Crippen LogP contribution is 2.16. The average Bonchev–Trinajstić information content (AvgIpc) is 2.52. The van der Waals surface area contributed by atoms with Crippen molar-refractivity contribution < 1.29 is 9.53 Å². The molecule has 0 aliphatic rings. The summed E-state index contributed by atoms with van der Waals surface area (Å²) in [5.41, 5.74) is 0. The van der Waals surface area contributed by atoms with E-state index in [4.69, 9.17) is 16.3 Å². The van der Waals surface area contributed by atoms with Gasteiger partial charge in [0.1, 0.15) is 12.4 Å². The summed E-state index contributed by atoms with van der Waals surface area (Å²) in [6.07, 6.45) is 0. The van der Waals surface area contributed by atoms with Gasteiger partial charge in [-0.15, -0.1) is 11.8 Å². The van der Waals surface area contributed by atoms with Crippen LogP contribution in [-0.2, 0) is 4.79 Å². The van der Waals surface area contributed by atoms with Crippen molar-refractivity contribution in [3.8, 4) is 5.75 Å². The number of hydrogen-bond donors (Lipinski definition) is 1. The number of benzene rings is 2. The van der Waals surface area contributed by atoms with Gasteiger partial charge >= 0.3 is 0 Å². The van der Waals surface area contributed by atoms with Gasteiger partial charge in [0.15, 0.2) is 0 Å². The molecule has 0 saturated heterocycles. The monoisotopic (exact) mass is 321 g/mol. The van der Waals surface area contributed by atoms with Gasteiger partial charge in [-0.3, -0.25) is 4.79 Å². The third kappa shape index (κ3) is 6.10. The molecule has 0 fully saturated rings. The molecule has 0 aliphatic heterocycles. The molecule has 0 atom stereocenters. The molecular formula is C16H16ClNO2S. The second-order valence-corrected chi connectivity index (χ2v) is 5.74. The van der Waals surface area contributed by atoms with E-state index in [1.165, 1.54) is 11.8 Å². The van der Waals surface area contributed by atoms with E-state index in [2.05, 4.69) is 5.32 Å². The number of rotatable bonds is 7. The molecule has 0 unspecified atom stereocenters. The number of nitrogens with one attached hydrogen (secondary N) is 1. The van der Waals surface area contributed by atoms with E-state index in [-0.39, 0.29) is 5.91 Å². The highest BCUT2D eigenvalue weighted by Gasteiger charge is 2.02. The molecule has 0 saturated carbocycles. The molecule has 0 heterocycles. The lowest BCUT2D eigenvalue weighted by molar-refractivity contribution is -0.118. The van der Waals surface area contributed by atoms with Crippen molar-refractivity contribution >= 4 is 29.3 Å². The van der Waals surface area contributed by atoms with Crippen LogP contribution in [0.4, 0.5) is 0 Å². The van der Waals surface area contributed by atoms with Crippen LogP contribution in [0.3, 0.4) is 0 Å². The maximum Gasteiger partial charge on any atom is 0.230 e. The Balaban J connectivity index is 1.60. The second-order valence-electron chi connectivity index (χ2n) is 4.25. The Labute approximate surface area is 133 Å². The zero-order chi connectivity index (χ0) is 14.9. The Morgan fingerprint density at radius 3 is 2.52 bits per heavy atom. The van der Waals surface area contributed by atoms with Gasteiger partial charge in [0.25, 0.3) is 0 Å². The van der Waals surface area contributed by atoms with Crippen molar-refractivity contribution in [2.24, 2.45) is 0 Å². The SMILES string of the molecule is O=C(CSc1ccccc1)NCCOc1ccc(Cl)cc1. The molecule has 5 heteroatoms. The van der Waals surface area contributed by atoms with Crippen molar-refractivity contribution in [1.29, 1.82) is 0 Å². The zero-order valence-electron chi connectivity index (χ0n) is 11.4. The predicted molar refractivity (Wildman–Crippen MR) is 87.1 cm³/mol. The summed E-state index contributed by atoms with van der Waals surface area (Å²) in [6.45, 7) is 0.917. The fourth-order valence-electron chi connectivity index (χ4n) is 1.61. The second kappa shape index (κ2) is 8.60. The first-order valence-corrected chi connectivity index (χ1v) is 7.93. The molecule has 3 nitrogen and oxygen atoms in total. The summed E-state index contributed by atoms with van der Waals surface area (Å²) in [5.74, 6) is 1.15. The van der Waals surface area contributed by atoms with Gasteiger partial charge in [-0.2, -0.15) is 0 Å². The maximum atomic E-state index is 11.7. The Morgan fingerprint density at radius 1 is 1.10 bits per heavy atom. The van der Waals surface area contributed by atoms with Crippen LogP contribution >= 0.6 is 23.4 Å². The normalized spacial score (nSPS) is 10.1. The average molecular weight is 322 g/mol. The minimum absolute atomic E-state index is 0.00330. The smallest absolute Gasteiger partial charge is 0.230 e. The molecule has 0 bridgehead atoms. The van der Waals surface area contributed by atoms with Crippen LogP contribution in [0.1, 0.15) is 0 Å². The Bertz CT molecular complexity index is 560. The van der Waals surface area contributed by atoms with E-state index in [9.17, 15) is 4.79 Å². The van der Waals surface area contributed by atoms with Crippen LogP contribution in [0.2, 0.25) is 5.02 Å². The van der Waals surface area contributed by atoms with Crippen LogP contribution in [0, 0.1) is 0 Å². The van der Waals surface area contributed by atoms with Gasteiger partial charge in [0.2, 0.25) is 5.91 Å². The Morgan fingerprint density at radius 2 is 1.81 bits per heavy atom. The lowest BCUT2D eigenvalue weighted by atomic mass is 10.3. The summed E-state index contributed by atoms with van der Waals surface area (Å²) in [5, 5.41) is 3.50. The van der Waals surface area contributed by atoms with Gasteiger partial charge in [0.05, 0.1) is 12.3 Å². The first kappa shape index (κ1) is 15.7. The van der Waals surface area contributed by atoms with Crippen LogP contribution in [0.15, 0.2) is 59.5 Å². The third-order valence-electron chi connectivity index (χ3n) is 2.62. The van der Waals surface area contributed by atoms with Gasteiger partial charge in [-0.05, 0) is 36.4 Å². The summed E-state index contributed by atoms with van der Waals surface area (Å²) >= 11 is 7.30. The van der Waals surface area contributed by atoms with Gasteiger partial charge in [0, 0.05) is 9.92 Å². The number of halogens is 1. The Kier molecular flexibility index (Phi) is 6.44. The standard InChI is InChI=1S/C16H16ClNO2S/c17-13-6-8-14(9-7-13)20-11-10-18-16(19)12-21-15-4-2-1-3-5-15/h1-9H,10-12H2,(H,18,19). The highest BCUT2D eigenvalue weighted by molar-refractivity contribution is 8.00. The molecule has 110 valence electrons. The van der Waals surface area contributed by atoms with E-state index in [1.54, 1.807) is 24.3 Å². The lowest BCUT2D eigenvalue weighted by Crippen LogP contribution is -2.29. The molecule has 0 aliphatic carbocycles. The summed E-state index contributed by atoms with van der Waals surface area (Å²) < 4.78 is 5.49. The van der Waals surface area contributed by atoms with E-state index < -0.39 is 0 Å². The topological polar surface area (TPSA) is 38.3 Å². The molecule has 0 radical (unpaired) electrons. The minimum atomic E-state index is 0.00330. The minimum Gasteiger partial charge on any atom is -0.492 e. The fraction of sp³-hybridized carbons (Fsp3) is 0.188. The summed E-state index contributed by atoms with van der Waals surface area (Å²) in [4.78, 5) is 12.8. The van der Waals surface area contributed by atoms with E-state index in [1.807, 2.05) is 30.3 Å². The van der Waals surface area contributed by atoms with Crippen LogP contribution < -0.4 is 10.1 Å². The summed E-state index contributed by atoms with van der Waals surface area (Å²) in [7, 11) is 0. The van der Waals surface area contributed by atoms with Crippen LogP contribution in [0.5, 0.6) is 5.75 Å². The van der Waals surface area contributed by atoms with Crippen molar-refractivity contribution in [3.63, 3.8) is 0 Å². The third-order valence-corrected chi connectivity index (χ3v) is 3.88. The molecule has 2 rings (SSSR count). The first-order valence-electron chi connectivity index (χ1n) is 6.57. The summed E-state index contributed by atoms with van der Waals surface area (Å²) in [6, 6.07) is 17.0. The molecule has 1 N–H and O–H groups in total. The number of amides is 1. The van der Waals surface area contributed by atoms with Gasteiger partial charge in [-0.25, -0.2) is 0 Å². The number of carbonyl (C=O) groups is 1. The number of hydrogen-bond acceptors (Lipinski definition) is 3. The number of thioether (sulfide) groups is 1. The molecule has 0 aromatic heterocycles. The van der Waals surface area contributed by atoms with E-state index in [0.717, 1.165) is 10.6 Å².